The number of methoxy groups -OCH3 is 1. The highest BCUT2D eigenvalue weighted by Gasteiger charge is 2.17. The summed E-state index contributed by atoms with van der Waals surface area (Å²) in [7, 11) is 1.42. The lowest BCUT2D eigenvalue weighted by Gasteiger charge is -2.15. The molecule has 6 heteroatoms. The van der Waals surface area contributed by atoms with Gasteiger partial charge in [0, 0.05) is 20.2 Å². The molecule has 0 saturated heterocycles. The second-order valence-electron chi connectivity index (χ2n) is 3.28. The first-order chi connectivity index (χ1) is 7.69. The molecule has 1 heterocycles. The van der Waals surface area contributed by atoms with Crippen LogP contribution in [0, 0.1) is 0 Å². The Labute approximate surface area is 98.2 Å². The van der Waals surface area contributed by atoms with E-state index in [0.29, 0.717) is 0 Å². The van der Waals surface area contributed by atoms with Gasteiger partial charge in [0.25, 0.3) is 5.91 Å². The quantitative estimate of drug-likeness (QED) is 0.651. The van der Waals surface area contributed by atoms with E-state index >= 15 is 0 Å². The molecule has 1 rings (SSSR count). The average Bonchev–Trinajstić information content (AvgIpc) is 2.81. The molecule has 0 aliphatic rings. The topological polar surface area (TPSA) is 84.6 Å². The molecule has 90 valence electrons. The van der Waals surface area contributed by atoms with Gasteiger partial charge >= 0.3 is 0 Å². The Kier molecular flexibility index (Phi) is 5.41. The fourth-order valence-electron chi connectivity index (χ4n) is 1.20. The number of rotatable bonds is 6. The second-order valence-corrected chi connectivity index (χ2v) is 4.06. The van der Waals surface area contributed by atoms with E-state index in [4.69, 9.17) is 10.5 Å². The van der Waals surface area contributed by atoms with Crippen molar-refractivity contribution in [2.75, 3.05) is 20.2 Å². The molecule has 4 N–H and O–H groups in total. The van der Waals surface area contributed by atoms with Gasteiger partial charge in [0.2, 0.25) is 0 Å². The van der Waals surface area contributed by atoms with E-state index in [1.54, 1.807) is 0 Å². The van der Waals surface area contributed by atoms with E-state index in [9.17, 15) is 9.90 Å². The van der Waals surface area contributed by atoms with Crippen molar-refractivity contribution in [2.24, 2.45) is 5.73 Å². The highest BCUT2D eigenvalue weighted by molar-refractivity contribution is 7.07. The third-order valence-corrected chi connectivity index (χ3v) is 2.89. The van der Waals surface area contributed by atoms with E-state index in [0.717, 1.165) is 5.56 Å². The Bertz CT molecular complexity index is 312. The number of hydrogen-bond donors (Lipinski definition) is 3. The number of amides is 1. The summed E-state index contributed by atoms with van der Waals surface area (Å²) in [5.41, 5.74) is 6.14. The fourth-order valence-corrected chi connectivity index (χ4v) is 1.91. The van der Waals surface area contributed by atoms with Crippen molar-refractivity contribution in [3.05, 3.63) is 22.4 Å². The Balaban J connectivity index is 2.37. The van der Waals surface area contributed by atoms with E-state index < -0.39 is 12.2 Å². The Hall–Kier alpha value is -0.950. The zero-order chi connectivity index (χ0) is 12.0. The van der Waals surface area contributed by atoms with Gasteiger partial charge in [-0.25, -0.2) is 0 Å². The highest BCUT2D eigenvalue weighted by Crippen LogP contribution is 2.14. The monoisotopic (exact) mass is 244 g/mol. The van der Waals surface area contributed by atoms with E-state index in [1.807, 2.05) is 16.8 Å². The van der Waals surface area contributed by atoms with Crippen molar-refractivity contribution in [3.8, 4) is 0 Å². The van der Waals surface area contributed by atoms with Crippen molar-refractivity contribution in [1.82, 2.24) is 5.32 Å². The first-order valence-electron chi connectivity index (χ1n) is 4.89. The molecule has 16 heavy (non-hydrogen) atoms. The van der Waals surface area contributed by atoms with Crippen LogP contribution in [0.5, 0.6) is 0 Å². The number of aliphatic hydroxyl groups is 1. The van der Waals surface area contributed by atoms with Crippen LogP contribution >= 0.6 is 11.3 Å². The van der Waals surface area contributed by atoms with Crippen LogP contribution in [0.25, 0.3) is 0 Å². The lowest BCUT2D eigenvalue weighted by atomic mass is 10.2. The van der Waals surface area contributed by atoms with Crippen molar-refractivity contribution in [1.29, 1.82) is 0 Å². The van der Waals surface area contributed by atoms with Crippen molar-refractivity contribution in [2.45, 2.75) is 12.2 Å². The van der Waals surface area contributed by atoms with E-state index in [2.05, 4.69) is 5.32 Å². The van der Waals surface area contributed by atoms with Gasteiger partial charge in [-0.15, -0.1) is 0 Å². The first kappa shape index (κ1) is 13.1. The van der Waals surface area contributed by atoms with E-state index in [1.165, 1.54) is 18.4 Å². The number of hydrogen-bond acceptors (Lipinski definition) is 5. The SMILES string of the molecule is COC(CN)C(=O)NCC(O)c1ccsc1. The fraction of sp³-hybridized carbons (Fsp3) is 0.500. The molecule has 1 amide bonds. The minimum absolute atomic E-state index is 0.122. The van der Waals surface area contributed by atoms with Crippen LogP contribution in [-0.4, -0.2) is 37.3 Å². The molecule has 0 fully saturated rings. The normalized spacial score (nSPS) is 14.4. The summed E-state index contributed by atoms with van der Waals surface area (Å²) in [6, 6.07) is 1.82. The summed E-state index contributed by atoms with van der Waals surface area (Å²) < 4.78 is 4.87. The molecule has 0 aromatic carbocycles. The van der Waals surface area contributed by atoms with Gasteiger partial charge in [-0.05, 0) is 22.4 Å². The predicted molar refractivity (Wildman–Crippen MR) is 62.1 cm³/mol. The van der Waals surface area contributed by atoms with Gasteiger partial charge in [-0.2, -0.15) is 11.3 Å². The Morgan fingerprint density at radius 2 is 2.50 bits per heavy atom. The number of carbonyl (C=O) groups is 1. The molecule has 0 aliphatic heterocycles. The first-order valence-corrected chi connectivity index (χ1v) is 5.84. The van der Waals surface area contributed by atoms with Gasteiger partial charge in [0.05, 0.1) is 6.10 Å². The molecule has 1 aromatic rings. The van der Waals surface area contributed by atoms with Crippen LogP contribution in [0.2, 0.25) is 0 Å². The molecular formula is C10H16N2O3S. The molecule has 0 spiro atoms. The van der Waals surface area contributed by atoms with Crippen molar-refractivity contribution < 1.29 is 14.6 Å². The number of aliphatic hydroxyl groups excluding tert-OH is 1. The Morgan fingerprint density at radius 1 is 1.75 bits per heavy atom. The van der Waals surface area contributed by atoms with E-state index in [-0.39, 0.29) is 19.0 Å². The second kappa shape index (κ2) is 6.59. The number of carbonyl (C=O) groups excluding carboxylic acids is 1. The summed E-state index contributed by atoms with van der Waals surface area (Å²) in [6.45, 7) is 0.284. The minimum atomic E-state index is -0.689. The van der Waals surface area contributed by atoms with Crippen molar-refractivity contribution in [3.63, 3.8) is 0 Å². The molecule has 0 bridgehead atoms. The molecule has 0 radical (unpaired) electrons. The van der Waals surface area contributed by atoms with Gasteiger partial charge in [-0.1, -0.05) is 0 Å². The maximum atomic E-state index is 11.5. The molecule has 0 aliphatic carbocycles. The molecular weight excluding hydrogens is 228 g/mol. The van der Waals surface area contributed by atoms with Gasteiger partial charge in [0.1, 0.15) is 6.10 Å². The summed E-state index contributed by atoms with van der Waals surface area (Å²) >= 11 is 1.50. The summed E-state index contributed by atoms with van der Waals surface area (Å²) in [6.07, 6.45) is -1.35. The third-order valence-electron chi connectivity index (χ3n) is 2.19. The lowest BCUT2D eigenvalue weighted by Crippen LogP contribution is -2.42. The van der Waals surface area contributed by atoms with Crippen LogP contribution in [-0.2, 0) is 9.53 Å². The molecule has 2 unspecified atom stereocenters. The zero-order valence-corrected chi connectivity index (χ0v) is 9.87. The number of nitrogens with two attached hydrogens (primary N) is 1. The van der Waals surface area contributed by atoms with Crippen LogP contribution in [0.3, 0.4) is 0 Å². The van der Waals surface area contributed by atoms with Gasteiger partial charge in [0.15, 0.2) is 0 Å². The standard InChI is InChI=1S/C10H16N2O3S/c1-15-9(4-11)10(14)12-5-8(13)7-2-3-16-6-7/h2-3,6,8-9,13H,4-5,11H2,1H3,(H,12,14). The van der Waals surface area contributed by atoms with Crippen molar-refractivity contribution >= 4 is 17.2 Å². The van der Waals surface area contributed by atoms with Crippen LogP contribution in [0.4, 0.5) is 0 Å². The summed E-state index contributed by atoms with van der Waals surface area (Å²) in [5, 5.41) is 16.0. The molecule has 0 saturated carbocycles. The van der Waals surface area contributed by atoms with Crippen LogP contribution < -0.4 is 11.1 Å². The van der Waals surface area contributed by atoms with Gasteiger partial charge < -0.3 is 20.9 Å². The van der Waals surface area contributed by atoms with Crippen LogP contribution in [0.1, 0.15) is 11.7 Å². The van der Waals surface area contributed by atoms with Crippen LogP contribution in [0.15, 0.2) is 16.8 Å². The maximum Gasteiger partial charge on any atom is 0.250 e. The molecule has 2 atom stereocenters. The number of nitrogens with one attached hydrogen (secondary N) is 1. The lowest BCUT2D eigenvalue weighted by molar-refractivity contribution is -0.130. The smallest absolute Gasteiger partial charge is 0.250 e. The largest absolute Gasteiger partial charge is 0.387 e. The molecule has 1 aromatic heterocycles. The summed E-state index contributed by atoms with van der Waals surface area (Å²) in [5.74, 6) is -0.306. The third kappa shape index (κ3) is 3.57. The highest BCUT2D eigenvalue weighted by atomic mass is 32.1. The zero-order valence-electron chi connectivity index (χ0n) is 9.05. The summed E-state index contributed by atoms with van der Waals surface area (Å²) in [4.78, 5) is 11.5. The Morgan fingerprint density at radius 3 is 3.00 bits per heavy atom. The average molecular weight is 244 g/mol. The predicted octanol–water partition coefficient (Wildman–Crippen LogP) is -0.129. The molecule has 5 nitrogen and oxygen atoms in total. The minimum Gasteiger partial charge on any atom is -0.387 e. The maximum absolute atomic E-state index is 11.5. The number of thiophene rings is 1. The number of ether oxygens (including phenoxy) is 1. The van der Waals surface area contributed by atoms with Gasteiger partial charge in [-0.3, -0.25) is 4.79 Å².